The van der Waals surface area contributed by atoms with Crippen molar-refractivity contribution < 1.29 is 9.53 Å². The summed E-state index contributed by atoms with van der Waals surface area (Å²) < 4.78 is 5.83. The first-order chi connectivity index (χ1) is 13.7. The maximum atomic E-state index is 12.7. The first-order valence-corrected chi connectivity index (χ1v) is 10.4. The summed E-state index contributed by atoms with van der Waals surface area (Å²) in [6.07, 6.45) is 0.0843. The number of anilines is 1. The zero-order valence-corrected chi connectivity index (χ0v) is 17.0. The lowest BCUT2D eigenvalue weighted by Gasteiger charge is -2.18. The summed E-state index contributed by atoms with van der Waals surface area (Å²) in [4.78, 5) is 13.9. The molecule has 0 heterocycles. The number of aryl methyl sites for hydroxylation is 1. The largest absolute Gasteiger partial charge is 0.481 e. The molecule has 0 aliphatic rings. The van der Waals surface area contributed by atoms with E-state index in [1.807, 2.05) is 68.4 Å². The van der Waals surface area contributed by atoms with Gasteiger partial charge in [-0.15, -0.1) is 11.8 Å². The number of rotatable bonds is 8. The van der Waals surface area contributed by atoms with Gasteiger partial charge in [-0.25, -0.2) is 0 Å². The Kier molecular flexibility index (Phi) is 7.15. The predicted molar refractivity (Wildman–Crippen MR) is 117 cm³/mol. The zero-order valence-electron chi connectivity index (χ0n) is 16.2. The molecule has 1 N–H and O–H groups in total. The molecule has 3 aromatic carbocycles. The molecule has 4 heteroatoms. The molecule has 0 radical (unpaired) electrons. The molecule has 0 saturated carbocycles. The third kappa shape index (κ3) is 5.64. The number of hydrogen-bond donors (Lipinski definition) is 1. The van der Waals surface area contributed by atoms with Crippen molar-refractivity contribution in [2.24, 2.45) is 0 Å². The number of hydrogen-bond acceptors (Lipinski definition) is 3. The number of para-hydroxylation sites is 1. The minimum absolute atomic E-state index is 0.124. The third-order valence-electron chi connectivity index (χ3n) is 4.38. The van der Waals surface area contributed by atoms with E-state index in [1.165, 1.54) is 10.5 Å². The number of carbonyl (C=O) groups is 1. The van der Waals surface area contributed by atoms with Crippen LogP contribution in [0.25, 0.3) is 0 Å². The van der Waals surface area contributed by atoms with Crippen LogP contribution in [0.3, 0.4) is 0 Å². The lowest BCUT2D eigenvalue weighted by atomic mass is 10.1. The molecule has 144 valence electrons. The van der Waals surface area contributed by atoms with Crippen LogP contribution in [-0.2, 0) is 10.5 Å². The minimum atomic E-state index is -0.518. The van der Waals surface area contributed by atoms with Crippen LogP contribution in [-0.4, -0.2) is 12.0 Å². The Morgan fingerprint density at radius 1 is 1.00 bits per heavy atom. The van der Waals surface area contributed by atoms with Gasteiger partial charge in [0.2, 0.25) is 0 Å². The average Bonchev–Trinajstić information content (AvgIpc) is 2.73. The van der Waals surface area contributed by atoms with Crippen molar-refractivity contribution >= 4 is 23.4 Å². The monoisotopic (exact) mass is 391 g/mol. The van der Waals surface area contributed by atoms with Gasteiger partial charge >= 0.3 is 0 Å². The molecular weight excluding hydrogens is 366 g/mol. The van der Waals surface area contributed by atoms with Gasteiger partial charge in [-0.05, 0) is 54.8 Å². The van der Waals surface area contributed by atoms with Crippen LogP contribution >= 0.6 is 11.8 Å². The number of amides is 1. The van der Waals surface area contributed by atoms with Gasteiger partial charge in [0, 0.05) is 16.3 Å². The molecule has 1 amide bonds. The summed E-state index contributed by atoms with van der Waals surface area (Å²) >= 11 is 1.80. The molecule has 0 aromatic heterocycles. The summed E-state index contributed by atoms with van der Waals surface area (Å²) in [7, 11) is 0. The first-order valence-electron chi connectivity index (χ1n) is 9.45. The van der Waals surface area contributed by atoms with Gasteiger partial charge in [0.15, 0.2) is 6.10 Å². The molecule has 1 atom stereocenters. The Morgan fingerprint density at radius 2 is 1.68 bits per heavy atom. The van der Waals surface area contributed by atoms with Crippen LogP contribution in [0.4, 0.5) is 5.69 Å². The highest BCUT2D eigenvalue weighted by atomic mass is 32.2. The van der Waals surface area contributed by atoms with Crippen LogP contribution in [0.2, 0.25) is 0 Å². The summed E-state index contributed by atoms with van der Waals surface area (Å²) in [5.41, 5.74) is 3.11. The van der Waals surface area contributed by atoms with E-state index in [4.69, 9.17) is 4.74 Å². The van der Waals surface area contributed by atoms with E-state index in [0.29, 0.717) is 12.2 Å². The Hall–Kier alpha value is -2.72. The fraction of sp³-hybridized carbons (Fsp3) is 0.208. The van der Waals surface area contributed by atoms with Gasteiger partial charge in [-0.2, -0.15) is 0 Å². The second kappa shape index (κ2) is 10.00. The van der Waals surface area contributed by atoms with Crippen LogP contribution in [0.5, 0.6) is 5.75 Å². The first kappa shape index (κ1) is 20.0. The zero-order chi connectivity index (χ0) is 19.8. The van der Waals surface area contributed by atoms with Gasteiger partial charge in [-0.1, -0.05) is 55.5 Å². The highest BCUT2D eigenvalue weighted by Crippen LogP contribution is 2.25. The van der Waals surface area contributed by atoms with Gasteiger partial charge in [0.1, 0.15) is 5.75 Å². The van der Waals surface area contributed by atoms with E-state index in [2.05, 4.69) is 29.6 Å². The van der Waals surface area contributed by atoms with E-state index in [-0.39, 0.29) is 5.91 Å². The third-order valence-corrected chi connectivity index (χ3v) is 5.47. The van der Waals surface area contributed by atoms with Crippen molar-refractivity contribution in [1.29, 1.82) is 0 Å². The summed E-state index contributed by atoms with van der Waals surface area (Å²) in [5, 5.41) is 3.01. The Morgan fingerprint density at radius 3 is 2.32 bits per heavy atom. The molecular formula is C24H25NO2S. The highest BCUT2D eigenvalue weighted by molar-refractivity contribution is 7.98. The molecule has 3 aromatic rings. The highest BCUT2D eigenvalue weighted by Gasteiger charge is 2.19. The SMILES string of the molecule is CC[C@@H](Oc1ccccc1)C(=O)Nc1ccc(CSc2ccccc2)cc1C. The molecule has 3 nitrogen and oxygen atoms in total. The second-order valence-electron chi connectivity index (χ2n) is 6.57. The summed E-state index contributed by atoms with van der Waals surface area (Å²) in [6.45, 7) is 3.97. The maximum Gasteiger partial charge on any atom is 0.265 e. The number of ether oxygens (including phenoxy) is 1. The minimum Gasteiger partial charge on any atom is -0.481 e. The smallest absolute Gasteiger partial charge is 0.265 e. The van der Waals surface area contributed by atoms with Gasteiger partial charge in [0.25, 0.3) is 5.91 Å². The normalized spacial score (nSPS) is 11.6. The summed E-state index contributed by atoms with van der Waals surface area (Å²) in [6, 6.07) is 26.0. The lowest BCUT2D eigenvalue weighted by Crippen LogP contribution is -2.32. The summed E-state index contributed by atoms with van der Waals surface area (Å²) in [5.74, 6) is 1.48. The number of thioether (sulfide) groups is 1. The molecule has 0 aliphatic carbocycles. The molecule has 0 saturated heterocycles. The molecule has 0 fully saturated rings. The van der Waals surface area contributed by atoms with Crippen molar-refractivity contribution in [3.8, 4) is 5.75 Å². The Labute approximate surface area is 171 Å². The lowest BCUT2D eigenvalue weighted by molar-refractivity contribution is -0.122. The molecule has 0 bridgehead atoms. The number of carbonyl (C=O) groups excluding carboxylic acids is 1. The predicted octanol–water partition coefficient (Wildman–Crippen LogP) is 6.08. The van der Waals surface area contributed by atoms with E-state index in [0.717, 1.165) is 17.0 Å². The van der Waals surface area contributed by atoms with E-state index >= 15 is 0 Å². The Bertz CT molecular complexity index is 897. The molecule has 0 unspecified atom stereocenters. The maximum absolute atomic E-state index is 12.7. The number of nitrogens with one attached hydrogen (secondary N) is 1. The fourth-order valence-corrected chi connectivity index (χ4v) is 3.70. The molecule has 0 aliphatic heterocycles. The molecule has 0 spiro atoms. The average molecular weight is 392 g/mol. The van der Waals surface area contributed by atoms with Crippen molar-refractivity contribution in [3.05, 3.63) is 90.0 Å². The van der Waals surface area contributed by atoms with Crippen LogP contribution in [0.1, 0.15) is 24.5 Å². The van der Waals surface area contributed by atoms with E-state index in [1.54, 1.807) is 11.8 Å². The van der Waals surface area contributed by atoms with Crippen molar-refractivity contribution in [3.63, 3.8) is 0 Å². The van der Waals surface area contributed by atoms with Gasteiger partial charge < -0.3 is 10.1 Å². The topological polar surface area (TPSA) is 38.3 Å². The van der Waals surface area contributed by atoms with E-state index < -0.39 is 6.10 Å². The van der Waals surface area contributed by atoms with Crippen molar-refractivity contribution in [2.45, 2.75) is 37.0 Å². The van der Waals surface area contributed by atoms with E-state index in [9.17, 15) is 4.79 Å². The Balaban J connectivity index is 1.60. The van der Waals surface area contributed by atoms with Crippen LogP contribution < -0.4 is 10.1 Å². The van der Waals surface area contributed by atoms with Gasteiger partial charge in [-0.3, -0.25) is 4.79 Å². The second-order valence-corrected chi connectivity index (χ2v) is 7.62. The van der Waals surface area contributed by atoms with Crippen molar-refractivity contribution in [1.82, 2.24) is 0 Å². The quantitative estimate of drug-likeness (QED) is 0.473. The number of benzene rings is 3. The fourth-order valence-electron chi connectivity index (χ4n) is 2.84. The van der Waals surface area contributed by atoms with Crippen LogP contribution in [0.15, 0.2) is 83.8 Å². The van der Waals surface area contributed by atoms with Crippen LogP contribution in [0, 0.1) is 6.92 Å². The molecule has 28 heavy (non-hydrogen) atoms. The van der Waals surface area contributed by atoms with Gasteiger partial charge in [0.05, 0.1) is 0 Å². The molecule has 3 rings (SSSR count). The van der Waals surface area contributed by atoms with Crippen molar-refractivity contribution in [2.75, 3.05) is 5.32 Å². The standard InChI is InChI=1S/C24H25NO2S/c1-3-23(27-20-10-6-4-7-11-20)24(26)25-22-15-14-19(16-18(22)2)17-28-21-12-8-5-9-13-21/h4-16,23H,3,17H2,1-2H3,(H,25,26)/t23-/m1/s1.